The molecule has 96 heavy (non-hydrogen) atoms. The number of guanidine groups is 1. The van der Waals surface area contributed by atoms with Crippen molar-refractivity contribution in [1.29, 1.82) is 0 Å². The summed E-state index contributed by atoms with van der Waals surface area (Å²) >= 11 is 0. The summed E-state index contributed by atoms with van der Waals surface area (Å²) in [7, 11) is 0. The molecular weight excluding hydrogens is 1240 g/mol. The minimum absolute atomic E-state index is 0.0151. The molecule has 2 aliphatic heterocycles. The first-order valence-electron chi connectivity index (χ1n) is 32.1. The van der Waals surface area contributed by atoms with Crippen LogP contribution in [0.3, 0.4) is 0 Å². The van der Waals surface area contributed by atoms with Gasteiger partial charge in [0.1, 0.15) is 54.1 Å². The third-order valence-corrected chi connectivity index (χ3v) is 16.8. The number of nitrogens with one attached hydrogen (secondary N) is 11. The Kier molecular flexibility index (Phi) is 25.7. The highest BCUT2D eigenvalue weighted by Gasteiger charge is 2.40. The van der Waals surface area contributed by atoms with Gasteiger partial charge in [-0.15, -0.1) is 0 Å². The van der Waals surface area contributed by atoms with Gasteiger partial charge in [-0.3, -0.25) is 62.7 Å². The zero-order valence-electron chi connectivity index (χ0n) is 53.8. The maximum atomic E-state index is 15.0. The van der Waals surface area contributed by atoms with Crippen molar-refractivity contribution in [3.8, 4) is 5.75 Å². The van der Waals surface area contributed by atoms with Crippen LogP contribution in [0.2, 0.25) is 0 Å². The number of rotatable bonds is 34. The lowest BCUT2D eigenvalue weighted by Gasteiger charge is -2.32. The lowest BCUT2D eigenvalue weighted by molar-refractivity contribution is -0.151. The van der Waals surface area contributed by atoms with E-state index in [1.54, 1.807) is 48.7 Å². The number of imidazole rings is 2. The van der Waals surface area contributed by atoms with E-state index in [-0.39, 0.29) is 94.4 Å². The van der Waals surface area contributed by atoms with E-state index in [0.717, 1.165) is 6.42 Å². The number of hydrogen-bond acceptors (Lipinski definition) is 16. The molecule has 30 heteroatoms. The number of carbonyl (C=O) groups is 10. The predicted octanol–water partition coefficient (Wildman–Crippen LogP) is -0.606. The number of aromatic amines is 3. The Morgan fingerprint density at radius 1 is 0.667 bits per heavy atom. The number of benzene rings is 3. The second kappa shape index (κ2) is 34.6. The summed E-state index contributed by atoms with van der Waals surface area (Å²) in [5, 5.41) is 43.3. The van der Waals surface area contributed by atoms with Crippen LogP contribution in [0.4, 0.5) is 0 Å². The van der Waals surface area contributed by atoms with Gasteiger partial charge >= 0.3 is 0 Å². The molecule has 17 N–H and O–H groups in total. The van der Waals surface area contributed by atoms with E-state index in [2.05, 4.69) is 72.4 Å². The molecule has 0 bridgehead atoms. The van der Waals surface area contributed by atoms with Gasteiger partial charge in [0.15, 0.2) is 5.96 Å². The molecule has 3 aromatic carbocycles. The van der Waals surface area contributed by atoms with Crippen molar-refractivity contribution >= 4 is 75.9 Å². The van der Waals surface area contributed by atoms with Gasteiger partial charge in [0.05, 0.1) is 31.8 Å². The lowest BCUT2D eigenvalue weighted by Crippen LogP contribution is -2.61. The Morgan fingerprint density at radius 3 is 1.81 bits per heavy atom. The Bertz CT molecular complexity index is 3650. The Labute approximate surface area is 554 Å². The van der Waals surface area contributed by atoms with Crippen LogP contribution in [-0.4, -0.2) is 191 Å². The molecule has 6 aromatic rings. The van der Waals surface area contributed by atoms with Crippen LogP contribution in [-0.2, 0) is 80.2 Å². The molecule has 30 nitrogen and oxygen atoms in total. The molecule has 8 rings (SSSR count). The highest BCUT2D eigenvalue weighted by atomic mass is 16.3. The molecule has 0 saturated carbocycles. The highest BCUT2D eigenvalue weighted by Crippen LogP contribution is 2.23. The van der Waals surface area contributed by atoms with Crippen LogP contribution in [0.1, 0.15) is 93.8 Å². The number of aliphatic hydroxyl groups excluding tert-OH is 1. The van der Waals surface area contributed by atoms with Crippen molar-refractivity contribution < 1.29 is 58.2 Å². The molecule has 2 aliphatic rings. The quantitative estimate of drug-likeness (QED) is 0.0136. The smallest absolute Gasteiger partial charge is 0.252 e. The number of hydrogen-bond donors (Lipinski definition) is 15. The fraction of sp³-hybridized carbons (Fsp3) is 0.439. The minimum Gasteiger partial charge on any atom is -0.508 e. The number of fused-ring (bicyclic) bond motifs is 1. The SMILES string of the molecule is CCN1CCC[C@H]1C(=O)N(Cc1ccccc1)C(=O)[C@H](CCCN=C(N)N)NC(=O)[C@H](CC(C)C)NC(=O)[C@@H](Cc1cnc[nH]1)NC(=O)[C@H](Cc1ccc(O)cc1)NC(=O)[C@H](CO)NC(=O)[C@H](Cc1c[nH]c2ccccc12)NC(=O)[C@H](Cc1cnc[nH]1)NC(=O)[C@@H]1CCC(=O)N1. The molecule has 9 atom stereocenters. The topological polar surface area (TPSA) is 451 Å². The second-order valence-corrected chi connectivity index (χ2v) is 24.4. The number of aromatic nitrogens is 5. The molecular formula is C66H86N18O12. The molecule has 2 fully saturated rings. The Hall–Kier alpha value is -10.5. The van der Waals surface area contributed by atoms with Crippen LogP contribution in [0, 0.1) is 5.92 Å². The number of para-hydroxylation sites is 1. The first-order valence-corrected chi connectivity index (χ1v) is 32.1. The van der Waals surface area contributed by atoms with Gasteiger partial charge in [-0.1, -0.05) is 81.4 Å². The van der Waals surface area contributed by atoms with Crippen molar-refractivity contribution in [3.63, 3.8) is 0 Å². The average Bonchev–Trinajstić information content (AvgIpc) is 1.66. The number of aliphatic imine (C=N–C) groups is 1. The van der Waals surface area contributed by atoms with Gasteiger partial charge in [0.2, 0.25) is 53.2 Å². The van der Waals surface area contributed by atoms with Gasteiger partial charge in [-0.05, 0) is 92.4 Å². The van der Waals surface area contributed by atoms with Crippen molar-refractivity contribution in [2.75, 3.05) is 26.2 Å². The molecule has 0 unspecified atom stereocenters. The number of nitrogens with zero attached hydrogens (tertiary/aromatic N) is 5. The summed E-state index contributed by atoms with van der Waals surface area (Å²) in [5.74, 6) is -8.07. The first-order chi connectivity index (χ1) is 46.2. The molecule has 512 valence electrons. The zero-order valence-corrected chi connectivity index (χ0v) is 53.8. The molecule has 0 radical (unpaired) electrons. The number of likely N-dealkylation sites (N-methyl/N-ethyl adjacent to an activating group) is 1. The number of aromatic hydroxyl groups is 1. The third-order valence-electron chi connectivity index (χ3n) is 16.8. The van der Waals surface area contributed by atoms with Gasteiger partial charge in [0.25, 0.3) is 5.91 Å². The first kappa shape index (κ1) is 71.4. The number of nitrogens with two attached hydrogens (primary N) is 2. The maximum absolute atomic E-state index is 15.0. The average molecular weight is 1320 g/mol. The fourth-order valence-electron chi connectivity index (χ4n) is 11.7. The van der Waals surface area contributed by atoms with Crippen molar-refractivity contribution in [2.45, 2.75) is 152 Å². The summed E-state index contributed by atoms with van der Waals surface area (Å²) in [4.78, 5) is 168. The monoisotopic (exact) mass is 1320 g/mol. The van der Waals surface area contributed by atoms with Crippen LogP contribution in [0.25, 0.3) is 10.9 Å². The van der Waals surface area contributed by atoms with Gasteiger partial charge < -0.3 is 79.2 Å². The van der Waals surface area contributed by atoms with E-state index in [9.17, 15) is 53.4 Å². The van der Waals surface area contributed by atoms with Crippen molar-refractivity contribution in [3.05, 3.63) is 138 Å². The Morgan fingerprint density at radius 2 is 1.23 bits per heavy atom. The Balaban J connectivity index is 1.03. The summed E-state index contributed by atoms with van der Waals surface area (Å²) < 4.78 is 0. The largest absolute Gasteiger partial charge is 0.508 e. The van der Waals surface area contributed by atoms with Crippen molar-refractivity contribution in [2.24, 2.45) is 22.4 Å². The van der Waals surface area contributed by atoms with Gasteiger partial charge in [-0.25, -0.2) is 9.97 Å². The van der Waals surface area contributed by atoms with E-state index in [1.807, 2.05) is 37.8 Å². The lowest BCUT2D eigenvalue weighted by atomic mass is 10.00. The van der Waals surface area contributed by atoms with Crippen LogP contribution >= 0.6 is 0 Å². The number of phenols is 1. The zero-order chi connectivity index (χ0) is 68.8. The summed E-state index contributed by atoms with van der Waals surface area (Å²) in [6.07, 6.45) is 8.21. The van der Waals surface area contributed by atoms with Crippen LogP contribution in [0.5, 0.6) is 5.75 Å². The van der Waals surface area contributed by atoms with E-state index < -0.39 is 114 Å². The molecule has 5 heterocycles. The van der Waals surface area contributed by atoms with Gasteiger partial charge in [-0.2, -0.15) is 0 Å². The van der Waals surface area contributed by atoms with Crippen LogP contribution < -0.4 is 54.0 Å². The third kappa shape index (κ3) is 20.3. The number of carbonyl (C=O) groups excluding carboxylic acids is 10. The normalized spacial score (nSPS) is 16.7. The molecule has 2 saturated heterocycles. The fourth-order valence-corrected chi connectivity index (χ4v) is 11.7. The number of amides is 10. The van der Waals surface area contributed by atoms with E-state index in [0.29, 0.717) is 58.5 Å². The summed E-state index contributed by atoms with van der Waals surface area (Å²) in [6, 6.07) is 9.99. The van der Waals surface area contributed by atoms with Gasteiger partial charge in [0, 0.05) is 79.5 Å². The summed E-state index contributed by atoms with van der Waals surface area (Å²) in [6.45, 7) is 5.77. The standard InChI is InChI=1S/C66H86N18O12/c1-4-83-25-11-17-55(83)65(96)84(34-40-12-6-5-7-13-40)64(95)48(16-10-24-71-66(67)68)76-58(89)49(26-38(2)3)77-61(92)53(30-43-33-70-37-74-43)81-59(90)50(27-39-18-20-44(86)21-19-39)78-63(94)54(35-85)82-60(91)51(28-41-31-72-46-15-9-8-14-45(41)46)79-62(93)52(29-42-32-69-36-73-42)80-57(88)47-22-23-56(87)75-47/h5-9,12-15,18-21,31-33,36-38,47-55,72,85-86H,4,10-11,16-17,22-30,34-35H2,1-3H3,(H,69,73)(H,70,74)(H,75,87)(H,76,89)(H,77,92)(H,78,94)(H,79,93)(H,80,88)(H,81,90)(H,82,91)(H4,67,68,71)/t47-,48-,49-,50-,51-,52-,53+,54-,55-/m0/s1. The number of aliphatic hydroxyl groups is 1. The molecule has 0 spiro atoms. The molecule has 0 aliphatic carbocycles. The van der Waals surface area contributed by atoms with E-state index >= 15 is 4.79 Å². The van der Waals surface area contributed by atoms with Crippen molar-refractivity contribution in [1.82, 2.24) is 77.3 Å². The number of phenolic OH excluding ortho intramolecular Hbond substituents is 1. The highest BCUT2D eigenvalue weighted by molar-refractivity contribution is 6.03. The summed E-state index contributed by atoms with van der Waals surface area (Å²) in [5.41, 5.74) is 14.5. The number of H-pyrrole nitrogens is 3. The maximum Gasteiger partial charge on any atom is 0.252 e. The predicted molar refractivity (Wildman–Crippen MR) is 352 cm³/mol. The van der Waals surface area contributed by atoms with Crippen LogP contribution in [0.15, 0.2) is 115 Å². The van der Waals surface area contributed by atoms with E-state index in [4.69, 9.17) is 11.5 Å². The number of likely N-dealkylation sites (tertiary alicyclic amines) is 1. The molecule has 10 amide bonds. The molecule has 3 aromatic heterocycles. The second-order valence-electron chi connectivity index (χ2n) is 24.4. The number of imide groups is 1. The minimum atomic E-state index is -1.79. The van der Waals surface area contributed by atoms with E-state index in [1.165, 1.54) is 54.2 Å².